The van der Waals surface area contributed by atoms with E-state index in [2.05, 4.69) is 5.32 Å². The summed E-state index contributed by atoms with van der Waals surface area (Å²) in [6.45, 7) is 3.85. The fourth-order valence-electron chi connectivity index (χ4n) is 0.630. The van der Waals surface area contributed by atoms with E-state index in [1.165, 1.54) is 0 Å². The zero-order chi connectivity index (χ0) is 6.57. The predicted octanol–water partition coefficient (Wildman–Crippen LogP) is 0.365. The first-order valence-corrected chi connectivity index (χ1v) is 3.02. The summed E-state index contributed by atoms with van der Waals surface area (Å²) in [5.41, 5.74) is 0. The molecule has 2 heteroatoms. The summed E-state index contributed by atoms with van der Waals surface area (Å²) in [5.74, 6) is 0. The van der Waals surface area contributed by atoms with Crippen LogP contribution < -0.4 is 5.32 Å². The minimum atomic E-state index is -0.183. The van der Waals surface area contributed by atoms with E-state index in [1.54, 1.807) is 6.92 Å². The lowest BCUT2D eigenvalue weighted by atomic mass is 10.2. The van der Waals surface area contributed by atoms with E-state index in [0.29, 0.717) is 6.04 Å². The van der Waals surface area contributed by atoms with Gasteiger partial charge in [-0.1, -0.05) is 0 Å². The Morgan fingerprint density at radius 2 is 2.00 bits per heavy atom. The Kier molecular flexibility index (Phi) is 3.83. The number of hydrogen-bond acceptors (Lipinski definition) is 2. The molecule has 2 N–H and O–H groups in total. The van der Waals surface area contributed by atoms with Crippen molar-refractivity contribution in [1.29, 1.82) is 0 Å². The molecule has 0 aliphatic carbocycles. The number of aliphatic hydroxyl groups excluding tert-OH is 1. The summed E-state index contributed by atoms with van der Waals surface area (Å²) in [5, 5.41) is 11.9. The second-order valence-electron chi connectivity index (χ2n) is 2.27. The Hall–Kier alpha value is -0.0800. The highest BCUT2D eigenvalue weighted by Crippen LogP contribution is 1.93. The SMILES string of the molecule is CN[C@@H](C)C[C@H](C)O. The Morgan fingerprint density at radius 3 is 2.12 bits per heavy atom. The van der Waals surface area contributed by atoms with Crippen molar-refractivity contribution in [2.75, 3.05) is 7.05 Å². The smallest absolute Gasteiger partial charge is 0.0526 e. The van der Waals surface area contributed by atoms with Crippen LogP contribution in [0.25, 0.3) is 0 Å². The molecule has 0 bridgehead atoms. The lowest BCUT2D eigenvalue weighted by Gasteiger charge is -2.10. The summed E-state index contributed by atoms with van der Waals surface area (Å²) in [4.78, 5) is 0. The van der Waals surface area contributed by atoms with Gasteiger partial charge in [0.2, 0.25) is 0 Å². The molecule has 0 aliphatic rings. The summed E-state index contributed by atoms with van der Waals surface area (Å²) in [6, 6.07) is 0.426. The third-order valence-electron chi connectivity index (χ3n) is 1.19. The molecule has 0 amide bonds. The van der Waals surface area contributed by atoms with Crippen LogP contribution in [-0.4, -0.2) is 24.3 Å². The average Bonchev–Trinajstić information content (AvgIpc) is 1.65. The van der Waals surface area contributed by atoms with Crippen molar-refractivity contribution in [1.82, 2.24) is 5.32 Å². The number of nitrogens with one attached hydrogen (secondary N) is 1. The molecule has 2 atom stereocenters. The third kappa shape index (κ3) is 4.09. The van der Waals surface area contributed by atoms with E-state index >= 15 is 0 Å². The Bertz CT molecular complexity index is 54.5. The lowest BCUT2D eigenvalue weighted by molar-refractivity contribution is 0.172. The first-order valence-electron chi connectivity index (χ1n) is 3.02. The van der Waals surface area contributed by atoms with E-state index in [-0.39, 0.29) is 6.10 Å². The van der Waals surface area contributed by atoms with Crippen molar-refractivity contribution in [2.45, 2.75) is 32.4 Å². The van der Waals surface area contributed by atoms with E-state index in [0.717, 1.165) is 6.42 Å². The van der Waals surface area contributed by atoms with Crippen LogP contribution in [0.1, 0.15) is 20.3 Å². The van der Waals surface area contributed by atoms with E-state index in [9.17, 15) is 0 Å². The molecule has 0 unspecified atom stereocenters. The van der Waals surface area contributed by atoms with Gasteiger partial charge in [0.15, 0.2) is 0 Å². The second kappa shape index (κ2) is 3.87. The van der Waals surface area contributed by atoms with Gasteiger partial charge in [0.1, 0.15) is 0 Å². The predicted molar refractivity (Wildman–Crippen MR) is 34.8 cm³/mol. The Morgan fingerprint density at radius 1 is 1.50 bits per heavy atom. The normalized spacial score (nSPS) is 18.0. The number of rotatable bonds is 3. The average molecular weight is 117 g/mol. The molecule has 0 heterocycles. The van der Waals surface area contributed by atoms with Gasteiger partial charge in [-0.2, -0.15) is 0 Å². The molecule has 0 aliphatic heterocycles. The molecule has 0 aromatic carbocycles. The number of aliphatic hydroxyl groups is 1. The first-order chi connectivity index (χ1) is 3.66. The molecule has 0 fully saturated rings. The molecule has 0 aromatic rings. The minimum absolute atomic E-state index is 0.183. The van der Waals surface area contributed by atoms with Crippen molar-refractivity contribution in [3.8, 4) is 0 Å². The van der Waals surface area contributed by atoms with Crippen molar-refractivity contribution >= 4 is 0 Å². The molecular formula is C6H15NO. The van der Waals surface area contributed by atoms with E-state index in [1.807, 2.05) is 14.0 Å². The van der Waals surface area contributed by atoms with Crippen LogP contribution >= 0.6 is 0 Å². The molecule has 0 saturated carbocycles. The highest BCUT2D eigenvalue weighted by atomic mass is 16.3. The Balaban J connectivity index is 3.10. The molecule has 0 spiro atoms. The maximum absolute atomic E-state index is 8.81. The van der Waals surface area contributed by atoms with Crippen LogP contribution in [0.3, 0.4) is 0 Å². The van der Waals surface area contributed by atoms with Crippen LogP contribution in [0.4, 0.5) is 0 Å². The van der Waals surface area contributed by atoms with Gasteiger partial charge in [0.05, 0.1) is 6.10 Å². The monoisotopic (exact) mass is 117 g/mol. The highest BCUT2D eigenvalue weighted by Gasteiger charge is 2.00. The third-order valence-corrected chi connectivity index (χ3v) is 1.19. The summed E-state index contributed by atoms with van der Waals surface area (Å²) in [6.07, 6.45) is 0.647. The molecule has 50 valence electrons. The van der Waals surface area contributed by atoms with Gasteiger partial charge in [-0.3, -0.25) is 0 Å². The van der Waals surface area contributed by atoms with E-state index in [4.69, 9.17) is 5.11 Å². The van der Waals surface area contributed by atoms with Crippen LogP contribution in [-0.2, 0) is 0 Å². The molecule has 0 aromatic heterocycles. The van der Waals surface area contributed by atoms with Crippen LogP contribution in [0.2, 0.25) is 0 Å². The van der Waals surface area contributed by atoms with Gasteiger partial charge in [-0.15, -0.1) is 0 Å². The fourth-order valence-corrected chi connectivity index (χ4v) is 0.630. The van der Waals surface area contributed by atoms with Crippen molar-refractivity contribution in [2.24, 2.45) is 0 Å². The van der Waals surface area contributed by atoms with Gasteiger partial charge in [-0.05, 0) is 27.3 Å². The molecule has 2 nitrogen and oxygen atoms in total. The van der Waals surface area contributed by atoms with E-state index < -0.39 is 0 Å². The van der Waals surface area contributed by atoms with Gasteiger partial charge >= 0.3 is 0 Å². The van der Waals surface area contributed by atoms with Gasteiger partial charge in [-0.25, -0.2) is 0 Å². The summed E-state index contributed by atoms with van der Waals surface area (Å²) in [7, 11) is 1.90. The molecule has 0 saturated heterocycles. The van der Waals surface area contributed by atoms with Crippen molar-refractivity contribution in [3.63, 3.8) is 0 Å². The molecular weight excluding hydrogens is 102 g/mol. The topological polar surface area (TPSA) is 32.3 Å². The minimum Gasteiger partial charge on any atom is -0.393 e. The van der Waals surface area contributed by atoms with Crippen LogP contribution in [0.15, 0.2) is 0 Å². The maximum Gasteiger partial charge on any atom is 0.0526 e. The molecule has 0 radical (unpaired) electrons. The molecule has 0 rings (SSSR count). The van der Waals surface area contributed by atoms with Crippen LogP contribution in [0.5, 0.6) is 0 Å². The fraction of sp³-hybridized carbons (Fsp3) is 1.00. The summed E-state index contributed by atoms with van der Waals surface area (Å²) < 4.78 is 0. The quantitative estimate of drug-likeness (QED) is 0.559. The largest absolute Gasteiger partial charge is 0.393 e. The second-order valence-corrected chi connectivity index (χ2v) is 2.27. The van der Waals surface area contributed by atoms with Crippen molar-refractivity contribution < 1.29 is 5.11 Å². The zero-order valence-corrected chi connectivity index (χ0v) is 5.81. The highest BCUT2D eigenvalue weighted by molar-refractivity contribution is 4.59. The van der Waals surface area contributed by atoms with Crippen molar-refractivity contribution in [3.05, 3.63) is 0 Å². The summed E-state index contributed by atoms with van der Waals surface area (Å²) >= 11 is 0. The maximum atomic E-state index is 8.81. The Labute approximate surface area is 50.9 Å². The standard InChI is InChI=1S/C6H15NO/c1-5(7-3)4-6(2)8/h5-8H,4H2,1-3H3/t5-,6-/m0/s1. The van der Waals surface area contributed by atoms with Gasteiger partial charge < -0.3 is 10.4 Å². The first kappa shape index (κ1) is 7.92. The van der Waals surface area contributed by atoms with Gasteiger partial charge in [0, 0.05) is 6.04 Å². The molecule has 8 heavy (non-hydrogen) atoms. The zero-order valence-electron chi connectivity index (χ0n) is 5.81. The lowest BCUT2D eigenvalue weighted by Crippen LogP contribution is -2.25. The number of hydrogen-bond donors (Lipinski definition) is 2. The van der Waals surface area contributed by atoms with Gasteiger partial charge in [0.25, 0.3) is 0 Å². The van der Waals surface area contributed by atoms with Crippen LogP contribution in [0, 0.1) is 0 Å².